The van der Waals surface area contributed by atoms with Crippen molar-refractivity contribution < 1.29 is 8.42 Å². The number of hydrogen-bond acceptors (Lipinski definition) is 3. The van der Waals surface area contributed by atoms with Crippen LogP contribution in [-0.4, -0.2) is 39.5 Å². The minimum atomic E-state index is -3.74. The monoisotopic (exact) mass is 356 g/mol. The van der Waals surface area contributed by atoms with E-state index in [0.717, 1.165) is 0 Å². The van der Waals surface area contributed by atoms with Crippen molar-refractivity contribution in [2.45, 2.75) is 23.8 Å². The van der Waals surface area contributed by atoms with Crippen LogP contribution in [-0.2, 0) is 10.0 Å². The Bertz CT molecular complexity index is 580. The minimum absolute atomic E-state index is 0.0190. The van der Waals surface area contributed by atoms with E-state index in [1.807, 2.05) is 7.05 Å². The third-order valence-electron chi connectivity index (χ3n) is 3.16. The summed E-state index contributed by atoms with van der Waals surface area (Å²) in [7, 11) is -1.76. The standard InChI is InChI=1S/C12H15Cl3N2O2S/c1-17(9-2-3-9)5-4-16-20(18,19)12-10(14)6-8(13)7-11(12)15/h6-7,9,16H,2-5H2,1H3. The maximum atomic E-state index is 12.2. The van der Waals surface area contributed by atoms with E-state index in [1.165, 1.54) is 25.0 Å². The highest BCUT2D eigenvalue weighted by Gasteiger charge is 2.26. The number of sulfonamides is 1. The van der Waals surface area contributed by atoms with E-state index >= 15 is 0 Å². The SMILES string of the molecule is CN(CCNS(=O)(=O)c1c(Cl)cc(Cl)cc1Cl)C1CC1. The Morgan fingerprint density at radius 2 is 1.80 bits per heavy atom. The molecule has 112 valence electrons. The Kier molecular flexibility index (Phi) is 5.21. The molecule has 1 aliphatic carbocycles. The first-order valence-electron chi connectivity index (χ1n) is 6.15. The molecule has 0 aliphatic heterocycles. The molecule has 20 heavy (non-hydrogen) atoms. The van der Waals surface area contributed by atoms with Crippen molar-refractivity contribution in [2.75, 3.05) is 20.1 Å². The molecule has 2 rings (SSSR count). The molecule has 0 bridgehead atoms. The zero-order valence-corrected chi connectivity index (χ0v) is 14.0. The first-order chi connectivity index (χ1) is 9.31. The Labute approximate surface area is 134 Å². The highest BCUT2D eigenvalue weighted by Crippen LogP contribution is 2.32. The van der Waals surface area contributed by atoms with E-state index in [4.69, 9.17) is 34.8 Å². The number of nitrogens with zero attached hydrogens (tertiary/aromatic N) is 1. The molecule has 0 unspecified atom stereocenters. The Hall–Kier alpha value is -0.0400. The minimum Gasteiger partial charge on any atom is -0.302 e. The van der Waals surface area contributed by atoms with Gasteiger partial charge in [-0.25, -0.2) is 13.1 Å². The molecule has 1 aliphatic rings. The fourth-order valence-corrected chi connectivity index (χ4v) is 4.47. The van der Waals surface area contributed by atoms with Gasteiger partial charge in [0.1, 0.15) is 4.90 Å². The van der Waals surface area contributed by atoms with Gasteiger partial charge in [-0.15, -0.1) is 0 Å². The first-order valence-corrected chi connectivity index (χ1v) is 8.77. The van der Waals surface area contributed by atoms with Crippen molar-refractivity contribution >= 4 is 44.8 Å². The lowest BCUT2D eigenvalue weighted by molar-refractivity contribution is 0.329. The quantitative estimate of drug-likeness (QED) is 0.851. The number of rotatable bonds is 6. The summed E-state index contributed by atoms with van der Waals surface area (Å²) in [5.41, 5.74) is 0. The van der Waals surface area contributed by atoms with E-state index in [9.17, 15) is 8.42 Å². The van der Waals surface area contributed by atoms with Crippen molar-refractivity contribution in [3.8, 4) is 0 Å². The van der Waals surface area contributed by atoms with Crippen LogP contribution >= 0.6 is 34.8 Å². The molecule has 0 amide bonds. The Morgan fingerprint density at radius 1 is 1.25 bits per heavy atom. The van der Waals surface area contributed by atoms with Crippen molar-refractivity contribution in [1.29, 1.82) is 0 Å². The second-order valence-electron chi connectivity index (χ2n) is 4.81. The maximum absolute atomic E-state index is 12.2. The van der Waals surface area contributed by atoms with Gasteiger partial charge < -0.3 is 4.90 Å². The molecule has 1 N–H and O–H groups in total. The van der Waals surface area contributed by atoms with Crippen LogP contribution in [0.2, 0.25) is 15.1 Å². The predicted molar refractivity (Wildman–Crippen MR) is 82.3 cm³/mol. The molecule has 1 aromatic carbocycles. The summed E-state index contributed by atoms with van der Waals surface area (Å²) in [6, 6.07) is 3.31. The second-order valence-corrected chi connectivity index (χ2v) is 7.76. The number of likely N-dealkylation sites (N-methyl/N-ethyl adjacent to an activating group) is 1. The zero-order valence-electron chi connectivity index (χ0n) is 10.9. The number of nitrogens with one attached hydrogen (secondary N) is 1. The molecule has 0 radical (unpaired) electrons. The molecule has 8 heteroatoms. The van der Waals surface area contributed by atoms with Gasteiger partial charge in [0.05, 0.1) is 10.0 Å². The van der Waals surface area contributed by atoms with Gasteiger partial charge in [0, 0.05) is 24.2 Å². The predicted octanol–water partition coefficient (Wildman–Crippen LogP) is 3.02. The summed E-state index contributed by atoms with van der Waals surface area (Å²) in [5.74, 6) is 0. The summed E-state index contributed by atoms with van der Waals surface area (Å²) < 4.78 is 26.9. The van der Waals surface area contributed by atoms with Crippen LogP contribution in [0.3, 0.4) is 0 Å². The van der Waals surface area contributed by atoms with Crippen molar-refractivity contribution in [2.24, 2.45) is 0 Å². The van der Waals surface area contributed by atoms with Crippen LogP contribution in [0, 0.1) is 0 Å². The molecule has 0 saturated heterocycles. The molecule has 1 saturated carbocycles. The van der Waals surface area contributed by atoms with Gasteiger partial charge in [0.25, 0.3) is 0 Å². The van der Waals surface area contributed by atoms with Crippen LogP contribution in [0.25, 0.3) is 0 Å². The van der Waals surface area contributed by atoms with Gasteiger partial charge in [-0.05, 0) is 32.0 Å². The van der Waals surface area contributed by atoms with Crippen LogP contribution < -0.4 is 4.72 Å². The summed E-state index contributed by atoms with van der Waals surface area (Å²) in [4.78, 5) is 2.01. The highest BCUT2D eigenvalue weighted by molar-refractivity contribution is 7.89. The zero-order chi connectivity index (χ0) is 14.9. The van der Waals surface area contributed by atoms with Gasteiger partial charge in [0.15, 0.2) is 0 Å². The third kappa shape index (κ3) is 4.00. The highest BCUT2D eigenvalue weighted by atomic mass is 35.5. The number of benzene rings is 1. The molecule has 0 spiro atoms. The number of hydrogen-bond donors (Lipinski definition) is 1. The lowest BCUT2D eigenvalue weighted by Gasteiger charge is -2.16. The first kappa shape index (κ1) is 16.3. The molecule has 4 nitrogen and oxygen atoms in total. The van der Waals surface area contributed by atoms with E-state index in [-0.39, 0.29) is 14.9 Å². The second kappa shape index (κ2) is 6.38. The van der Waals surface area contributed by atoms with Crippen molar-refractivity contribution in [3.05, 3.63) is 27.2 Å². The fraction of sp³-hybridized carbons (Fsp3) is 0.500. The third-order valence-corrected chi connectivity index (χ3v) is 5.76. The van der Waals surface area contributed by atoms with Crippen LogP contribution in [0.15, 0.2) is 17.0 Å². The van der Waals surface area contributed by atoms with Crippen LogP contribution in [0.1, 0.15) is 12.8 Å². The van der Waals surface area contributed by atoms with Gasteiger partial charge in [-0.2, -0.15) is 0 Å². The van der Waals surface area contributed by atoms with Crippen LogP contribution in [0.4, 0.5) is 0 Å². The number of halogens is 3. The van der Waals surface area contributed by atoms with Crippen molar-refractivity contribution in [1.82, 2.24) is 9.62 Å². The molecular weight excluding hydrogens is 343 g/mol. The average Bonchev–Trinajstić information content (AvgIpc) is 3.09. The van der Waals surface area contributed by atoms with E-state index in [1.54, 1.807) is 0 Å². The molecule has 0 aromatic heterocycles. The normalized spacial score (nSPS) is 15.8. The summed E-state index contributed by atoms with van der Waals surface area (Å²) in [6.07, 6.45) is 2.36. The summed E-state index contributed by atoms with van der Waals surface area (Å²) in [5, 5.41) is 0.337. The summed E-state index contributed by atoms with van der Waals surface area (Å²) >= 11 is 17.6. The molecule has 1 aromatic rings. The average molecular weight is 358 g/mol. The largest absolute Gasteiger partial charge is 0.302 e. The lowest BCUT2D eigenvalue weighted by atomic mass is 10.4. The van der Waals surface area contributed by atoms with Crippen molar-refractivity contribution in [3.63, 3.8) is 0 Å². The molecule has 0 atom stereocenters. The topological polar surface area (TPSA) is 49.4 Å². The maximum Gasteiger partial charge on any atom is 0.243 e. The fourth-order valence-electron chi connectivity index (χ4n) is 1.91. The molecular formula is C12H15Cl3N2O2S. The van der Waals surface area contributed by atoms with Gasteiger partial charge >= 0.3 is 0 Å². The molecule has 0 heterocycles. The van der Waals surface area contributed by atoms with Gasteiger partial charge in [0.2, 0.25) is 10.0 Å². The van der Waals surface area contributed by atoms with E-state index < -0.39 is 10.0 Å². The van der Waals surface area contributed by atoms with E-state index in [2.05, 4.69) is 9.62 Å². The Morgan fingerprint density at radius 3 is 2.30 bits per heavy atom. The van der Waals surface area contributed by atoms with Crippen LogP contribution in [0.5, 0.6) is 0 Å². The summed E-state index contributed by atoms with van der Waals surface area (Å²) in [6.45, 7) is 0.956. The lowest BCUT2D eigenvalue weighted by Crippen LogP contribution is -2.34. The molecule has 1 fully saturated rings. The van der Waals surface area contributed by atoms with Gasteiger partial charge in [-0.1, -0.05) is 34.8 Å². The smallest absolute Gasteiger partial charge is 0.243 e. The Balaban J connectivity index is 2.06. The van der Waals surface area contributed by atoms with Gasteiger partial charge in [-0.3, -0.25) is 0 Å². The van der Waals surface area contributed by atoms with E-state index in [0.29, 0.717) is 24.2 Å².